The lowest BCUT2D eigenvalue weighted by Gasteiger charge is -2.09. The maximum absolute atomic E-state index is 13.7. The van der Waals surface area contributed by atoms with Crippen molar-refractivity contribution in [1.29, 1.82) is 0 Å². The van der Waals surface area contributed by atoms with Crippen LogP contribution < -0.4 is 10.5 Å². The minimum Gasteiger partial charge on any atom is -0.409 e. The van der Waals surface area contributed by atoms with Gasteiger partial charge in [-0.15, -0.1) is 0 Å². The van der Waals surface area contributed by atoms with Crippen LogP contribution in [0.1, 0.15) is 18.4 Å². The van der Waals surface area contributed by atoms with E-state index in [1.807, 2.05) is 0 Å². The minimum absolute atomic E-state index is 0.00836. The Kier molecular flexibility index (Phi) is 3.61. The molecule has 0 amide bonds. The molecule has 0 heterocycles. The summed E-state index contributed by atoms with van der Waals surface area (Å²) in [5, 5.41) is 11.2. The molecular weight excluding hydrogens is 273 g/mol. The molecule has 0 aromatic heterocycles. The van der Waals surface area contributed by atoms with Crippen LogP contribution in [0.5, 0.6) is 0 Å². The Balaban J connectivity index is 2.17. The molecule has 0 aliphatic heterocycles. The number of oxime groups is 1. The van der Waals surface area contributed by atoms with Gasteiger partial charge in [-0.1, -0.05) is 5.16 Å². The van der Waals surface area contributed by atoms with E-state index in [0.717, 1.165) is 18.9 Å². The number of anilines is 1. The van der Waals surface area contributed by atoms with Crippen molar-refractivity contribution in [3.05, 3.63) is 29.6 Å². The fraction of sp³-hybridized carbons (Fsp3) is 0.364. The number of hydrogen-bond acceptors (Lipinski definition) is 4. The summed E-state index contributed by atoms with van der Waals surface area (Å²) in [7, 11) is -3.53. The Morgan fingerprint density at radius 1 is 1.53 bits per heavy atom. The highest BCUT2D eigenvalue weighted by molar-refractivity contribution is 7.92. The van der Waals surface area contributed by atoms with Crippen molar-refractivity contribution in [3.63, 3.8) is 0 Å². The number of halogens is 1. The Hall–Kier alpha value is -1.83. The quantitative estimate of drug-likeness (QED) is 0.326. The fourth-order valence-corrected chi connectivity index (χ4v) is 3.16. The fourth-order valence-electron chi connectivity index (χ4n) is 1.62. The summed E-state index contributed by atoms with van der Waals surface area (Å²) in [6.45, 7) is 0. The van der Waals surface area contributed by atoms with Gasteiger partial charge in [0.1, 0.15) is 5.82 Å². The summed E-state index contributed by atoms with van der Waals surface area (Å²) in [6.07, 6.45) is 1.79. The lowest BCUT2D eigenvalue weighted by molar-refractivity contribution is 0.318. The minimum atomic E-state index is -3.53. The molecule has 8 heteroatoms. The van der Waals surface area contributed by atoms with Gasteiger partial charge in [-0.2, -0.15) is 0 Å². The second-order valence-electron chi connectivity index (χ2n) is 4.51. The first-order valence-electron chi connectivity index (χ1n) is 5.69. The van der Waals surface area contributed by atoms with Gasteiger partial charge >= 0.3 is 0 Å². The Labute approximate surface area is 110 Å². The third-order valence-electron chi connectivity index (χ3n) is 2.79. The van der Waals surface area contributed by atoms with Gasteiger partial charge < -0.3 is 10.9 Å². The number of nitrogens with zero attached hydrogens (tertiary/aromatic N) is 1. The van der Waals surface area contributed by atoms with Crippen molar-refractivity contribution in [2.24, 2.45) is 16.8 Å². The molecule has 2 rings (SSSR count). The second kappa shape index (κ2) is 5.04. The van der Waals surface area contributed by atoms with Crippen LogP contribution >= 0.6 is 0 Å². The van der Waals surface area contributed by atoms with Gasteiger partial charge in [-0.3, -0.25) is 4.72 Å². The number of amidine groups is 1. The third kappa shape index (κ3) is 3.57. The highest BCUT2D eigenvalue weighted by Gasteiger charge is 2.28. The molecule has 0 radical (unpaired) electrons. The topological polar surface area (TPSA) is 105 Å². The van der Waals surface area contributed by atoms with Crippen LogP contribution in [-0.4, -0.2) is 25.2 Å². The van der Waals surface area contributed by atoms with Crippen LogP contribution in [-0.2, 0) is 10.0 Å². The van der Waals surface area contributed by atoms with Crippen molar-refractivity contribution < 1.29 is 18.0 Å². The number of nitrogens with one attached hydrogen (secondary N) is 1. The van der Waals surface area contributed by atoms with Gasteiger partial charge in [0.25, 0.3) is 0 Å². The average molecular weight is 287 g/mol. The molecule has 1 aromatic carbocycles. The number of benzene rings is 1. The maximum Gasteiger partial charge on any atom is 0.233 e. The van der Waals surface area contributed by atoms with E-state index in [-0.39, 0.29) is 28.8 Å². The highest BCUT2D eigenvalue weighted by Crippen LogP contribution is 2.31. The van der Waals surface area contributed by atoms with E-state index < -0.39 is 15.8 Å². The van der Waals surface area contributed by atoms with E-state index in [1.165, 1.54) is 12.1 Å². The molecule has 1 aromatic rings. The van der Waals surface area contributed by atoms with E-state index >= 15 is 0 Å². The smallest absolute Gasteiger partial charge is 0.233 e. The predicted octanol–water partition coefficient (Wildman–Crippen LogP) is 1.07. The molecule has 19 heavy (non-hydrogen) atoms. The molecule has 6 nitrogen and oxygen atoms in total. The van der Waals surface area contributed by atoms with E-state index in [0.29, 0.717) is 0 Å². The molecule has 0 unspecified atom stereocenters. The second-order valence-corrected chi connectivity index (χ2v) is 6.27. The molecular formula is C11H14FN3O3S. The number of nitrogens with two attached hydrogens (primary N) is 1. The van der Waals surface area contributed by atoms with E-state index in [4.69, 9.17) is 10.9 Å². The number of sulfonamides is 1. The van der Waals surface area contributed by atoms with Crippen LogP contribution in [0.15, 0.2) is 23.4 Å². The SMILES string of the molecule is N/C(=N/O)c1ccc(NS(=O)(=O)CC2CC2)c(F)c1. The van der Waals surface area contributed by atoms with Crippen LogP contribution in [0, 0.1) is 11.7 Å². The third-order valence-corrected chi connectivity index (χ3v) is 4.23. The molecule has 1 fully saturated rings. The van der Waals surface area contributed by atoms with Crippen molar-refractivity contribution in [1.82, 2.24) is 0 Å². The largest absolute Gasteiger partial charge is 0.409 e. The van der Waals surface area contributed by atoms with Gasteiger partial charge in [0.15, 0.2) is 5.84 Å². The van der Waals surface area contributed by atoms with Crippen molar-refractivity contribution in [2.45, 2.75) is 12.8 Å². The monoisotopic (exact) mass is 287 g/mol. The number of hydrogen-bond donors (Lipinski definition) is 3. The zero-order valence-electron chi connectivity index (χ0n) is 10.0. The molecule has 0 saturated heterocycles. The van der Waals surface area contributed by atoms with Gasteiger partial charge in [0.05, 0.1) is 11.4 Å². The van der Waals surface area contributed by atoms with E-state index in [9.17, 15) is 12.8 Å². The molecule has 1 saturated carbocycles. The highest BCUT2D eigenvalue weighted by atomic mass is 32.2. The van der Waals surface area contributed by atoms with Gasteiger partial charge in [-0.25, -0.2) is 12.8 Å². The summed E-state index contributed by atoms with van der Waals surface area (Å²) >= 11 is 0. The van der Waals surface area contributed by atoms with Crippen molar-refractivity contribution in [3.8, 4) is 0 Å². The first kappa shape index (κ1) is 13.6. The average Bonchev–Trinajstić information content (AvgIpc) is 3.13. The lowest BCUT2D eigenvalue weighted by Crippen LogP contribution is -2.19. The molecule has 4 N–H and O–H groups in total. The lowest BCUT2D eigenvalue weighted by atomic mass is 10.2. The molecule has 0 atom stereocenters. The first-order chi connectivity index (χ1) is 8.91. The van der Waals surface area contributed by atoms with Crippen LogP contribution in [0.4, 0.5) is 10.1 Å². The standard InChI is InChI=1S/C11H14FN3O3S/c12-9-5-8(11(13)14-16)3-4-10(9)15-19(17,18)6-7-1-2-7/h3-5,7,15-16H,1-2,6H2,(H2,13,14). The van der Waals surface area contributed by atoms with Crippen LogP contribution in [0.25, 0.3) is 0 Å². The Bertz CT molecular complexity index is 612. The van der Waals surface area contributed by atoms with Crippen LogP contribution in [0.2, 0.25) is 0 Å². The first-order valence-corrected chi connectivity index (χ1v) is 7.34. The maximum atomic E-state index is 13.7. The summed E-state index contributed by atoms with van der Waals surface area (Å²) in [5.74, 6) is -0.833. The zero-order valence-corrected chi connectivity index (χ0v) is 10.8. The van der Waals surface area contributed by atoms with E-state index in [2.05, 4.69) is 9.88 Å². The van der Waals surface area contributed by atoms with Crippen molar-refractivity contribution in [2.75, 3.05) is 10.5 Å². The summed E-state index contributed by atoms with van der Waals surface area (Å²) in [5.41, 5.74) is 5.34. The molecule has 1 aliphatic rings. The molecule has 0 spiro atoms. The normalized spacial score (nSPS) is 16.4. The summed E-state index contributed by atoms with van der Waals surface area (Å²) in [4.78, 5) is 0. The number of rotatable bonds is 5. The Morgan fingerprint density at radius 2 is 2.21 bits per heavy atom. The molecule has 104 valence electrons. The van der Waals surface area contributed by atoms with Crippen molar-refractivity contribution >= 4 is 21.5 Å². The van der Waals surface area contributed by atoms with Crippen LogP contribution in [0.3, 0.4) is 0 Å². The zero-order chi connectivity index (χ0) is 14.0. The Morgan fingerprint density at radius 3 is 2.74 bits per heavy atom. The van der Waals surface area contributed by atoms with Gasteiger partial charge in [0.2, 0.25) is 10.0 Å². The molecule has 0 bridgehead atoms. The summed E-state index contributed by atoms with van der Waals surface area (Å²) in [6, 6.07) is 3.62. The molecule has 1 aliphatic carbocycles. The summed E-state index contributed by atoms with van der Waals surface area (Å²) < 4.78 is 39.3. The predicted molar refractivity (Wildman–Crippen MR) is 69.0 cm³/mol. The van der Waals surface area contributed by atoms with E-state index in [1.54, 1.807) is 0 Å². The van der Waals surface area contributed by atoms with Gasteiger partial charge in [-0.05, 0) is 37.0 Å². The van der Waals surface area contributed by atoms with Gasteiger partial charge in [0, 0.05) is 5.56 Å².